The van der Waals surface area contributed by atoms with E-state index < -0.39 is 18.0 Å². The maximum atomic E-state index is 13.6. The van der Waals surface area contributed by atoms with E-state index in [0.717, 1.165) is 40.5 Å². The Bertz CT molecular complexity index is 769. The molecule has 2 rings (SSSR count). The van der Waals surface area contributed by atoms with Crippen molar-refractivity contribution in [1.29, 1.82) is 5.26 Å². The van der Waals surface area contributed by atoms with Crippen molar-refractivity contribution in [1.82, 2.24) is 9.29 Å². The molecule has 1 unspecified atom stereocenters. The summed E-state index contributed by atoms with van der Waals surface area (Å²) in [4.78, 5) is 4.47. The molecule has 0 bridgehead atoms. The molecule has 132 valence electrons. The SMILES string of the molecule is CCN(Sc1cnc(C)c(C#N)c1)C(c1ccc(F)cc1)C(F)(F)F. The average molecular weight is 369 g/mol. The third-order valence-corrected chi connectivity index (χ3v) is 4.64. The van der Waals surface area contributed by atoms with Crippen molar-refractivity contribution < 1.29 is 17.6 Å². The summed E-state index contributed by atoms with van der Waals surface area (Å²) in [5.74, 6) is -0.596. The van der Waals surface area contributed by atoms with Crippen molar-refractivity contribution in [2.45, 2.75) is 31.0 Å². The van der Waals surface area contributed by atoms with E-state index in [1.807, 2.05) is 6.07 Å². The third kappa shape index (κ3) is 4.71. The Morgan fingerprint density at radius 1 is 1.28 bits per heavy atom. The van der Waals surface area contributed by atoms with Gasteiger partial charge in [-0.1, -0.05) is 19.1 Å². The Morgan fingerprint density at radius 2 is 1.92 bits per heavy atom. The van der Waals surface area contributed by atoms with Crippen LogP contribution in [0.25, 0.3) is 0 Å². The zero-order chi connectivity index (χ0) is 18.6. The van der Waals surface area contributed by atoms with Gasteiger partial charge in [0.05, 0.1) is 11.3 Å². The van der Waals surface area contributed by atoms with Crippen LogP contribution in [0.15, 0.2) is 41.4 Å². The fourth-order valence-electron chi connectivity index (χ4n) is 2.28. The van der Waals surface area contributed by atoms with E-state index in [9.17, 15) is 17.6 Å². The molecule has 0 aliphatic carbocycles. The van der Waals surface area contributed by atoms with E-state index in [1.165, 1.54) is 12.3 Å². The van der Waals surface area contributed by atoms with E-state index in [0.29, 0.717) is 16.2 Å². The maximum absolute atomic E-state index is 13.6. The van der Waals surface area contributed by atoms with Crippen LogP contribution >= 0.6 is 11.9 Å². The number of aromatic nitrogens is 1. The molecule has 25 heavy (non-hydrogen) atoms. The monoisotopic (exact) mass is 369 g/mol. The van der Waals surface area contributed by atoms with Crippen molar-refractivity contribution in [3.63, 3.8) is 0 Å². The lowest BCUT2D eigenvalue weighted by Gasteiger charge is -2.31. The second-order valence-corrected chi connectivity index (χ2v) is 6.36. The Morgan fingerprint density at radius 3 is 2.44 bits per heavy atom. The predicted molar refractivity (Wildman–Crippen MR) is 87.1 cm³/mol. The van der Waals surface area contributed by atoms with Crippen LogP contribution in [0.1, 0.15) is 29.8 Å². The van der Waals surface area contributed by atoms with Crippen molar-refractivity contribution in [3.8, 4) is 6.07 Å². The van der Waals surface area contributed by atoms with E-state index in [4.69, 9.17) is 5.26 Å². The number of nitriles is 1. The fourth-order valence-corrected chi connectivity index (χ4v) is 3.29. The molecular weight excluding hydrogens is 354 g/mol. The van der Waals surface area contributed by atoms with Gasteiger partial charge in [-0.15, -0.1) is 0 Å². The Labute approximate surface area is 147 Å². The van der Waals surface area contributed by atoms with Crippen molar-refractivity contribution in [2.75, 3.05) is 6.54 Å². The number of hydrogen-bond donors (Lipinski definition) is 0. The molecular formula is C17H15F4N3S. The Hall–Kier alpha value is -2.11. The topological polar surface area (TPSA) is 39.9 Å². The van der Waals surface area contributed by atoms with E-state index in [2.05, 4.69) is 4.98 Å². The van der Waals surface area contributed by atoms with Gasteiger partial charge >= 0.3 is 6.18 Å². The van der Waals surface area contributed by atoms with Gasteiger partial charge in [-0.25, -0.2) is 8.70 Å². The summed E-state index contributed by atoms with van der Waals surface area (Å²) in [5, 5.41) is 9.05. The first-order chi connectivity index (χ1) is 11.8. The summed E-state index contributed by atoms with van der Waals surface area (Å²) in [7, 11) is 0. The molecule has 2 aromatic rings. The molecule has 3 nitrogen and oxygen atoms in total. The van der Waals surface area contributed by atoms with Crippen LogP contribution in [-0.4, -0.2) is 22.0 Å². The summed E-state index contributed by atoms with van der Waals surface area (Å²) in [6.07, 6.45) is -3.11. The highest BCUT2D eigenvalue weighted by atomic mass is 32.2. The summed E-state index contributed by atoms with van der Waals surface area (Å²) >= 11 is 0.867. The normalized spacial score (nSPS) is 12.9. The molecule has 1 aromatic heterocycles. The van der Waals surface area contributed by atoms with Crippen LogP contribution < -0.4 is 0 Å². The van der Waals surface area contributed by atoms with E-state index >= 15 is 0 Å². The third-order valence-electron chi connectivity index (χ3n) is 3.50. The van der Waals surface area contributed by atoms with Crippen molar-refractivity contribution >= 4 is 11.9 Å². The zero-order valence-electron chi connectivity index (χ0n) is 13.5. The lowest BCUT2D eigenvalue weighted by atomic mass is 10.1. The number of alkyl halides is 3. The maximum Gasteiger partial charge on any atom is 0.408 e. The minimum Gasteiger partial charge on any atom is -0.259 e. The Kier molecular flexibility index (Phi) is 6.03. The van der Waals surface area contributed by atoms with Gasteiger partial charge in [-0.2, -0.15) is 18.4 Å². The standard InChI is InChI=1S/C17H15F4N3S/c1-3-24(25-15-8-13(9-22)11(2)23-10-15)16(17(19,20)21)12-4-6-14(18)7-5-12/h4-8,10,16H,3H2,1-2H3. The molecule has 0 saturated heterocycles. The van der Waals surface area contributed by atoms with Gasteiger partial charge in [0.25, 0.3) is 0 Å². The van der Waals surface area contributed by atoms with Crippen LogP contribution in [0.4, 0.5) is 17.6 Å². The molecule has 1 aromatic carbocycles. The molecule has 1 heterocycles. The molecule has 0 aliphatic rings. The minimum absolute atomic E-state index is 0.0520. The van der Waals surface area contributed by atoms with Gasteiger partial charge in [0, 0.05) is 17.6 Å². The van der Waals surface area contributed by atoms with Gasteiger partial charge in [-0.3, -0.25) is 4.98 Å². The largest absolute Gasteiger partial charge is 0.408 e. The molecule has 0 spiro atoms. The Balaban J connectivity index is 2.37. The van der Waals surface area contributed by atoms with Crippen LogP contribution in [0, 0.1) is 24.1 Å². The van der Waals surface area contributed by atoms with Gasteiger partial charge in [0.2, 0.25) is 0 Å². The first-order valence-corrected chi connectivity index (χ1v) is 8.17. The summed E-state index contributed by atoms with van der Waals surface area (Å²) in [6.45, 7) is 3.34. The molecule has 0 aliphatic heterocycles. The molecule has 0 fully saturated rings. The highest BCUT2D eigenvalue weighted by molar-refractivity contribution is 7.97. The molecule has 1 atom stereocenters. The number of rotatable bonds is 5. The number of pyridine rings is 1. The minimum atomic E-state index is -4.54. The zero-order valence-corrected chi connectivity index (χ0v) is 14.3. The van der Waals surface area contributed by atoms with Gasteiger partial charge in [-0.05, 0) is 42.6 Å². The first kappa shape index (κ1) is 19.2. The molecule has 8 heteroatoms. The highest BCUT2D eigenvalue weighted by Crippen LogP contribution is 2.42. The van der Waals surface area contributed by atoms with Crippen LogP contribution in [0.2, 0.25) is 0 Å². The molecule has 0 radical (unpaired) electrons. The lowest BCUT2D eigenvalue weighted by Crippen LogP contribution is -2.34. The predicted octanol–water partition coefficient (Wildman–Crippen LogP) is 5.03. The second-order valence-electron chi connectivity index (χ2n) is 5.24. The number of nitrogens with zero attached hydrogens (tertiary/aromatic N) is 3. The molecule has 0 amide bonds. The van der Waals surface area contributed by atoms with E-state index in [1.54, 1.807) is 13.8 Å². The number of halogens is 4. The summed E-state index contributed by atoms with van der Waals surface area (Å²) in [5.41, 5.74) is 0.774. The van der Waals surface area contributed by atoms with Crippen LogP contribution in [0.3, 0.4) is 0 Å². The van der Waals surface area contributed by atoms with Crippen LogP contribution in [-0.2, 0) is 0 Å². The van der Waals surface area contributed by atoms with Gasteiger partial charge < -0.3 is 0 Å². The number of benzene rings is 1. The number of hydrogen-bond acceptors (Lipinski definition) is 4. The smallest absolute Gasteiger partial charge is 0.259 e. The first-order valence-electron chi connectivity index (χ1n) is 7.39. The van der Waals surface area contributed by atoms with Gasteiger partial charge in [0.15, 0.2) is 0 Å². The fraction of sp³-hybridized carbons (Fsp3) is 0.294. The van der Waals surface area contributed by atoms with Gasteiger partial charge in [0.1, 0.15) is 17.9 Å². The summed E-state index contributed by atoms with van der Waals surface area (Å²) < 4.78 is 55.1. The average Bonchev–Trinajstić information content (AvgIpc) is 2.56. The molecule has 0 N–H and O–H groups in total. The van der Waals surface area contributed by atoms with E-state index in [-0.39, 0.29) is 12.1 Å². The molecule has 0 saturated carbocycles. The van der Waals surface area contributed by atoms with Crippen molar-refractivity contribution in [2.24, 2.45) is 0 Å². The quantitative estimate of drug-likeness (QED) is 0.547. The van der Waals surface area contributed by atoms with Crippen LogP contribution in [0.5, 0.6) is 0 Å². The number of aryl methyl sites for hydroxylation is 1. The highest BCUT2D eigenvalue weighted by Gasteiger charge is 2.44. The lowest BCUT2D eigenvalue weighted by molar-refractivity contribution is -0.172. The summed E-state index contributed by atoms with van der Waals surface area (Å²) in [6, 6.07) is 5.84. The second kappa shape index (κ2) is 7.85. The van der Waals surface area contributed by atoms with Crippen molar-refractivity contribution in [3.05, 3.63) is 59.2 Å².